The second-order valence-corrected chi connectivity index (χ2v) is 5.03. The van der Waals surface area contributed by atoms with E-state index in [4.69, 9.17) is 4.74 Å². The lowest BCUT2D eigenvalue weighted by Gasteiger charge is -2.02. The van der Waals surface area contributed by atoms with Gasteiger partial charge in [0.05, 0.1) is 22.9 Å². The molecule has 19 heavy (non-hydrogen) atoms. The topological polar surface area (TPSA) is 39.2 Å². The second kappa shape index (κ2) is 4.82. The van der Waals surface area contributed by atoms with Crippen molar-refractivity contribution in [2.24, 2.45) is 0 Å². The van der Waals surface area contributed by atoms with E-state index in [0.717, 1.165) is 27.1 Å². The first kappa shape index (κ1) is 11.9. The van der Waals surface area contributed by atoms with Crippen molar-refractivity contribution in [2.45, 2.75) is 0 Å². The lowest BCUT2D eigenvalue weighted by Crippen LogP contribution is -1.89. The molecule has 1 aromatic heterocycles. The second-order valence-electron chi connectivity index (χ2n) is 4.03. The zero-order valence-corrected chi connectivity index (χ0v) is 11.1. The maximum absolute atomic E-state index is 11.2. The first-order valence-electron chi connectivity index (χ1n) is 5.81. The molecular weight excluding hydrogens is 258 g/mol. The fourth-order valence-electron chi connectivity index (χ4n) is 1.99. The molecule has 0 amide bonds. The lowest BCUT2D eigenvalue weighted by molar-refractivity contribution is 0.112. The Kier molecular flexibility index (Phi) is 3.01. The quantitative estimate of drug-likeness (QED) is 0.679. The fraction of sp³-hybridized carbons (Fsp3) is 0.0667. The summed E-state index contributed by atoms with van der Waals surface area (Å²) in [7, 11) is 1.56. The van der Waals surface area contributed by atoms with E-state index in [1.165, 1.54) is 11.3 Å². The van der Waals surface area contributed by atoms with Crippen LogP contribution in [-0.2, 0) is 0 Å². The Morgan fingerprint density at radius 3 is 2.63 bits per heavy atom. The van der Waals surface area contributed by atoms with Crippen LogP contribution in [0.4, 0.5) is 0 Å². The van der Waals surface area contributed by atoms with Gasteiger partial charge in [0, 0.05) is 5.56 Å². The molecule has 0 bridgehead atoms. The number of nitrogens with zero attached hydrogens (tertiary/aromatic N) is 1. The molecule has 94 valence electrons. The minimum Gasteiger partial charge on any atom is -0.496 e. The zero-order valence-electron chi connectivity index (χ0n) is 10.3. The van der Waals surface area contributed by atoms with Gasteiger partial charge < -0.3 is 4.74 Å². The van der Waals surface area contributed by atoms with Gasteiger partial charge in [-0.2, -0.15) is 0 Å². The van der Waals surface area contributed by atoms with Gasteiger partial charge in [0.25, 0.3) is 0 Å². The van der Waals surface area contributed by atoms with E-state index < -0.39 is 0 Å². The Balaban J connectivity index is 2.24. The van der Waals surface area contributed by atoms with Crippen LogP contribution in [0.2, 0.25) is 0 Å². The van der Waals surface area contributed by atoms with Gasteiger partial charge >= 0.3 is 0 Å². The average Bonchev–Trinajstić information content (AvgIpc) is 2.91. The highest BCUT2D eigenvalue weighted by Gasteiger charge is 2.13. The van der Waals surface area contributed by atoms with Crippen molar-refractivity contribution in [2.75, 3.05) is 7.11 Å². The van der Waals surface area contributed by atoms with Crippen LogP contribution in [0.1, 0.15) is 10.4 Å². The molecule has 0 aliphatic rings. The van der Waals surface area contributed by atoms with Gasteiger partial charge in [-0.3, -0.25) is 4.79 Å². The number of hydrogen-bond donors (Lipinski definition) is 0. The normalized spacial score (nSPS) is 10.6. The van der Waals surface area contributed by atoms with E-state index in [1.54, 1.807) is 13.2 Å². The molecule has 2 aromatic carbocycles. The van der Waals surface area contributed by atoms with Crippen molar-refractivity contribution < 1.29 is 9.53 Å². The zero-order chi connectivity index (χ0) is 13.2. The summed E-state index contributed by atoms with van der Waals surface area (Å²) in [6, 6.07) is 13.6. The van der Waals surface area contributed by atoms with Crippen LogP contribution in [0.3, 0.4) is 0 Å². The number of aldehydes is 1. The number of fused-ring (bicyclic) bond motifs is 1. The number of benzene rings is 2. The highest BCUT2D eigenvalue weighted by Crippen LogP contribution is 2.35. The Morgan fingerprint density at radius 2 is 1.95 bits per heavy atom. The molecule has 3 rings (SSSR count). The number of ether oxygens (including phenoxy) is 1. The summed E-state index contributed by atoms with van der Waals surface area (Å²) in [5.74, 6) is 0.589. The molecule has 0 aliphatic heterocycles. The first-order chi connectivity index (χ1) is 9.33. The Hall–Kier alpha value is -2.20. The fourth-order valence-corrected chi connectivity index (χ4v) is 3.06. The van der Waals surface area contributed by atoms with Crippen molar-refractivity contribution in [1.82, 2.24) is 4.98 Å². The van der Waals surface area contributed by atoms with Gasteiger partial charge in [-0.1, -0.05) is 30.3 Å². The highest BCUT2D eigenvalue weighted by atomic mass is 32.1. The summed E-state index contributed by atoms with van der Waals surface area (Å²) in [6.45, 7) is 0. The molecule has 4 heteroatoms. The van der Waals surface area contributed by atoms with E-state index >= 15 is 0 Å². The molecule has 0 fully saturated rings. The Labute approximate surface area is 114 Å². The smallest absolute Gasteiger partial charge is 0.155 e. The lowest BCUT2D eigenvalue weighted by atomic mass is 10.2. The van der Waals surface area contributed by atoms with Crippen LogP contribution in [0.25, 0.3) is 20.8 Å². The van der Waals surface area contributed by atoms with Crippen LogP contribution in [0, 0.1) is 0 Å². The molecule has 0 spiro atoms. The minimum atomic E-state index is 0.569. The van der Waals surface area contributed by atoms with Crippen molar-refractivity contribution in [3.63, 3.8) is 0 Å². The maximum Gasteiger partial charge on any atom is 0.155 e. The van der Waals surface area contributed by atoms with Crippen LogP contribution >= 0.6 is 11.3 Å². The summed E-state index contributed by atoms with van der Waals surface area (Å²) < 4.78 is 6.08. The molecule has 0 aliphatic carbocycles. The van der Waals surface area contributed by atoms with Gasteiger partial charge in [-0.15, -0.1) is 11.3 Å². The van der Waals surface area contributed by atoms with E-state index in [2.05, 4.69) is 4.98 Å². The summed E-state index contributed by atoms with van der Waals surface area (Å²) in [6.07, 6.45) is 0.827. The molecule has 0 saturated carbocycles. The third kappa shape index (κ3) is 2.00. The Bertz CT molecular complexity index is 734. The van der Waals surface area contributed by atoms with Gasteiger partial charge in [0.2, 0.25) is 0 Å². The number of thiazole rings is 1. The number of methoxy groups -OCH3 is 1. The number of rotatable bonds is 3. The molecule has 0 radical (unpaired) electrons. The van der Waals surface area contributed by atoms with Crippen LogP contribution < -0.4 is 4.74 Å². The van der Waals surface area contributed by atoms with Gasteiger partial charge in [0.15, 0.2) is 6.29 Å². The van der Waals surface area contributed by atoms with E-state index in [-0.39, 0.29) is 0 Å². The third-order valence-electron chi connectivity index (χ3n) is 2.91. The molecule has 3 nitrogen and oxygen atoms in total. The largest absolute Gasteiger partial charge is 0.496 e. The van der Waals surface area contributed by atoms with E-state index in [0.29, 0.717) is 11.3 Å². The molecule has 0 saturated heterocycles. The number of aromatic nitrogens is 1. The van der Waals surface area contributed by atoms with Crippen molar-refractivity contribution in [3.05, 3.63) is 48.0 Å². The minimum absolute atomic E-state index is 0.569. The molecule has 3 aromatic rings. The van der Waals surface area contributed by atoms with Gasteiger partial charge in [-0.25, -0.2) is 4.98 Å². The number of carbonyl (C=O) groups excluding carboxylic acids is 1. The predicted octanol–water partition coefficient (Wildman–Crippen LogP) is 3.78. The van der Waals surface area contributed by atoms with Crippen LogP contribution in [-0.4, -0.2) is 18.4 Å². The van der Waals surface area contributed by atoms with Crippen LogP contribution in [0.15, 0.2) is 42.5 Å². The van der Waals surface area contributed by atoms with Crippen molar-refractivity contribution in [1.29, 1.82) is 0 Å². The monoisotopic (exact) mass is 269 g/mol. The number of carbonyl (C=O) groups is 1. The molecule has 0 atom stereocenters. The third-order valence-corrected chi connectivity index (χ3v) is 4.07. The standard InChI is InChI=1S/C15H11NO2S/c1-18-13-8-7-12-14(11(13)9-17)19-15(16-12)10-5-3-2-4-6-10/h2-9H,1H3. The summed E-state index contributed by atoms with van der Waals surface area (Å²) in [5, 5.41) is 0.909. The first-order valence-corrected chi connectivity index (χ1v) is 6.63. The Morgan fingerprint density at radius 1 is 1.16 bits per heavy atom. The van der Waals surface area contributed by atoms with E-state index in [1.807, 2.05) is 36.4 Å². The SMILES string of the molecule is COc1ccc2nc(-c3ccccc3)sc2c1C=O. The van der Waals surface area contributed by atoms with Crippen molar-refractivity contribution in [3.8, 4) is 16.3 Å². The summed E-state index contributed by atoms with van der Waals surface area (Å²) >= 11 is 1.51. The predicted molar refractivity (Wildman–Crippen MR) is 77.0 cm³/mol. The molecular formula is C15H11NO2S. The summed E-state index contributed by atoms with van der Waals surface area (Å²) in [4.78, 5) is 15.8. The van der Waals surface area contributed by atoms with E-state index in [9.17, 15) is 4.79 Å². The average molecular weight is 269 g/mol. The summed E-state index contributed by atoms with van der Waals surface area (Å²) in [5.41, 5.74) is 2.45. The molecule has 0 unspecified atom stereocenters. The van der Waals surface area contributed by atoms with Gasteiger partial charge in [-0.05, 0) is 12.1 Å². The van der Waals surface area contributed by atoms with Crippen LogP contribution in [0.5, 0.6) is 5.75 Å². The molecule has 1 heterocycles. The van der Waals surface area contributed by atoms with Crippen molar-refractivity contribution >= 4 is 27.8 Å². The maximum atomic E-state index is 11.2. The molecule has 0 N–H and O–H groups in total. The number of hydrogen-bond acceptors (Lipinski definition) is 4. The highest BCUT2D eigenvalue weighted by molar-refractivity contribution is 7.22. The van der Waals surface area contributed by atoms with Gasteiger partial charge in [0.1, 0.15) is 10.8 Å².